The van der Waals surface area contributed by atoms with Gasteiger partial charge in [-0.25, -0.2) is 0 Å². The van der Waals surface area contributed by atoms with Crippen molar-refractivity contribution >= 4 is 0 Å². The maximum atomic E-state index is 5.54. The summed E-state index contributed by atoms with van der Waals surface area (Å²) in [6.45, 7) is 3.93. The Morgan fingerprint density at radius 3 is 2.84 bits per heavy atom. The molecule has 1 atom stereocenters. The molecule has 2 heteroatoms. The molecular formula is C17H19NO. The van der Waals surface area contributed by atoms with Crippen molar-refractivity contribution in [2.24, 2.45) is 0 Å². The van der Waals surface area contributed by atoms with Crippen LogP contribution in [0.4, 0.5) is 0 Å². The summed E-state index contributed by atoms with van der Waals surface area (Å²) in [5, 5.41) is 3.57. The number of rotatable bonds is 4. The highest BCUT2D eigenvalue weighted by Crippen LogP contribution is 2.28. The molecule has 0 spiro atoms. The Morgan fingerprint density at radius 2 is 2.00 bits per heavy atom. The number of hydrogen-bond acceptors (Lipinski definition) is 2. The van der Waals surface area contributed by atoms with Gasteiger partial charge < -0.3 is 10.1 Å². The number of ether oxygens (including phenoxy) is 1. The van der Waals surface area contributed by atoms with Gasteiger partial charge >= 0.3 is 0 Å². The summed E-state index contributed by atoms with van der Waals surface area (Å²) in [6.07, 6.45) is 1.04. The van der Waals surface area contributed by atoms with E-state index in [1.54, 1.807) is 0 Å². The van der Waals surface area contributed by atoms with E-state index in [1.807, 2.05) is 6.07 Å². The van der Waals surface area contributed by atoms with Crippen molar-refractivity contribution in [3.05, 3.63) is 65.2 Å². The molecule has 0 aliphatic carbocycles. The standard InChI is InChI=1S/C17H19NO/c1-13(18-12-14-5-3-2-4-6-14)15-7-8-17-16(11-15)9-10-19-17/h2-8,11,13,18H,9-10,12H2,1H3. The van der Waals surface area contributed by atoms with Crippen molar-refractivity contribution < 1.29 is 4.74 Å². The maximum Gasteiger partial charge on any atom is 0.122 e. The van der Waals surface area contributed by atoms with Gasteiger partial charge in [0.05, 0.1) is 6.61 Å². The molecule has 2 aromatic carbocycles. The Labute approximate surface area is 114 Å². The molecule has 2 aromatic rings. The Hall–Kier alpha value is -1.80. The molecule has 1 heterocycles. The highest BCUT2D eigenvalue weighted by molar-refractivity contribution is 5.40. The predicted molar refractivity (Wildman–Crippen MR) is 77.3 cm³/mol. The topological polar surface area (TPSA) is 21.3 Å². The van der Waals surface area contributed by atoms with Crippen molar-refractivity contribution in [3.8, 4) is 5.75 Å². The van der Waals surface area contributed by atoms with Gasteiger partial charge in [0, 0.05) is 19.0 Å². The second-order valence-electron chi connectivity index (χ2n) is 5.05. The molecule has 19 heavy (non-hydrogen) atoms. The average molecular weight is 253 g/mol. The van der Waals surface area contributed by atoms with Crippen LogP contribution in [0.1, 0.15) is 29.7 Å². The molecule has 0 saturated heterocycles. The zero-order valence-electron chi connectivity index (χ0n) is 11.2. The van der Waals surface area contributed by atoms with Crippen LogP contribution < -0.4 is 10.1 Å². The fraction of sp³-hybridized carbons (Fsp3) is 0.294. The van der Waals surface area contributed by atoms with Crippen molar-refractivity contribution in [2.75, 3.05) is 6.61 Å². The molecular weight excluding hydrogens is 234 g/mol. The number of hydrogen-bond donors (Lipinski definition) is 1. The third-order valence-electron chi connectivity index (χ3n) is 3.67. The van der Waals surface area contributed by atoms with Crippen LogP contribution in [0.25, 0.3) is 0 Å². The molecule has 3 rings (SSSR count). The molecule has 2 nitrogen and oxygen atoms in total. The lowest BCUT2D eigenvalue weighted by Gasteiger charge is -2.15. The first-order valence-corrected chi connectivity index (χ1v) is 6.86. The van der Waals surface area contributed by atoms with Gasteiger partial charge in [-0.1, -0.05) is 42.5 Å². The first kappa shape index (κ1) is 12.2. The van der Waals surface area contributed by atoms with E-state index in [0.29, 0.717) is 6.04 Å². The van der Waals surface area contributed by atoms with Crippen LogP contribution in [0.15, 0.2) is 48.5 Å². The molecule has 98 valence electrons. The number of fused-ring (bicyclic) bond motifs is 1. The lowest BCUT2D eigenvalue weighted by molar-refractivity contribution is 0.356. The Kier molecular flexibility index (Phi) is 3.51. The van der Waals surface area contributed by atoms with Crippen molar-refractivity contribution in [1.82, 2.24) is 5.32 Å². The van der Waals surface area contributed by atoms with Crippen LogP contribution in [-0.2, 0) is 13.0 Å². The summed E-state index contributed by atoms with van der Waals surface area (Å²) in [5.74, 6) is 1.05. The number of nitrogens with one attached hydrogen (secondary N) is 1. The van der Waals surface area contributed by atoms with Crippen LogP contribution in [0.5, 0.6) is 5.75 Å². The Bertz CT molecular complexity index is 550. The summed E-state index contributed by atoms with van der Waals surface area (Å²) < 4.78 is 5.54. The molecule has 1 aliphatic rings. The van der Waals surface area contributed by atoms with E-state index in [-0.39, 0.29) is 0 Å². The lowest BCUT2D eigenvalue weighted by atomic mass is 10.0. The van der Waals surface area contributed by atoms with Gasteiger partial charge in [0.15, 0.2) is 0 Å². The second kappa shape index (κ2) is 5.45. The van der Waals surface area contributed by atoms with E-state index in [4.69, 9.17) is 4.74 Å². The van der Waals surface area contributed by atoms with Gasteiger partial charge in [-0.05, 0) is 29.7 Å². The highest BCUT2D eigenvalue weighted by atomic mass is 16.5. The smallest absolute Gasteiger partial charge is 0.122 e. The SMILES string of the molecule is CC(NCc1ccccc1)c1ccc2c(c1)CCO2. The van der Waals surface area contributed by atoms with Crippen molar-refractivity contribution in [3.63, 3.8) is 0 Å². The van der Waals surface area contributed by atoms with E-state index >= 15 is 0 Å². The van der Waals surface area contributed by atoms with E-state index in [0.717, 1.165) is 25.3 Å². The summed E-state index contributed by atoms with van der Waals surface area (Å²) in [4.78, 5) is 0. The third-order valence-corrected chi connectivity index (χ3v) is 3.67. The van der Waals surface area contributed by atoms with E-state index < -0.39 is 0 Å². The van der Waals surface area contributed by atoms with Gasteiger partial charge in [-0.3, -0.25) is 0 Å². The summed E-state index contributed by atoms with van der Waals surface area (Å²) in [7, 11) is 0. The van der Waals surface area contributed by atoms with Crippen LogP contribution in [-0.4, -0.2) is 6.61 Å². The van der Waals surface area contributed by atoms with Crippen LogP contribution in [0.3, 0.4) is 0 Å². The summed E-state index contributed by atoms with van der Waals surface area (Å²) >= 11 is 0. The first-order chi connectivity index (χ1) is 9.33. The van der Waals surface area contributed by atoms with E-state index in [9.17, 15) is 0 Å². The first-order valence-electron chi connectivity index (χ1n) is 6.86. The van der Waals surface area contributed by atoms with E-state index in [2.05, 4.69) is 54.7 Å². The molecule has 0 fully saturated rings. The minimum Gasteiger partial charge on any atom is -0.493 e. The normalized spacial score (nSPS) is 14.8. The molecule has 1 N–H and O–H groups in total. The maximum absolute atomic E-state index is 5.54. The molecule has 1 unspecified atom stereocenters. The Morgan fingerprint density at radius 1 is 1.16 bits per heavy atom. The fourth-order valence-corrected chi connectivity index (χ4v) is 2.46. The molecule has 1 aliphatic heterocycles. The summed E-state index contributed by atoms with van der Waals surface area (Å²) in [5.41, 5.74) is 3.99. The number of benzene rings is 2. The monoisotopic (exact) mass is 253 g/mol. The lowest BCUT2D eigenvalue weighted by Crippen LogP contribution is -2.18. The molecule has 0 radical (unpaired) electrons. The van der Waals surface area contributed by atoms with Crippen molar-refractivity contribution in [1.29, 1.82) is 0 Å². The minimum atomic E-state index is 0.353. The minimum absolute atomic E-state index is 0.353. The second-order valence-corrected chi connectivity index (χ2v) is 5.05. The van der Waals surface area contributed by atoms with Gasteiger partial charge in [0.1, 0.15) is 5.75 Å². The zero-order valence-corrected chi connectivity index (χ0v) is 11.2. The Balaban J connectivity index is 1.65. The predicted octanol–water partition coefficient (Wildman–Crippen LogP) is 3.47. The van der Waals surface area contributed by atoms with Gasteiger partial charge in [-0.2, -0.15) is 0 Å². The van der Waals surface area contributed by atoms with Crippen LogP contribution in [0.2, 0.25) is 0 Å². The third kappa shape index (κ3) is 2.79. The van der Waals surface area contributed by atoms with Gasteiger partial charge in [-0.15, -0.1) is 0 Å². The van der Waals surface area contributed by atoms with Crippen LogP contribution >= 0.6 is 0 Å². The molecule has 0 aromatic heterocycles. The zero-order chi connectivity index (χ0) is 13.1. The largest absolute Gasteiger partial charge is 0.493 e. The van der Waals surface area contributed by atoms with Crippen LogP contribution in [0, 0.1) is 0 Å². The van der Waals surface area contributed by atoms with Crippen molar-refractivity contribution in [2.45, 2.75) is 25.9 Å². The van der Waals surface area contributed by atoms with Gasteiger partial charge in [0.2, 0.25) is 0 Å². The van der Waals surface area contributed by atoms with E-state index in [1.165, 1.54) is 16.7 Å². The fourth-order valence-electron chi connectivity index (χ4n) is 2.46. The average Bonchev–Trinajstić information content (AvgIpc) is 2.93. The quantitative estimate of drug-likeness (QED) is 0.900. The summed E-state index contributed by atoms with van der Waals surface area (Å²) in [6, 6.07) is 17.4. The molecule has 0 amide bonds. The van der Waals surface area contributed by atoms with Gasteiger partial charge in [0.25, 0.3) is 0 Å². The molecule has 0 saturated carbocycles. The highest BCUT2D eigenvalue weighted by Gasteiger charge is 2.14. The molecule has 0 bridgehead atoms.